The van der Waals surface area contributed by atoms with Crippen LogP contribution in [0, 0.1) is 0 Å². The zero-order chi connectivity index (χ0) is 13.8. The van der Waals surface area contributed by atoms with Gasteiger partial charge in [-0.3, -0.25) is 0 Å². The predicted molar refractivity (Wildman–Crippen MR) is 82.9 cm³/mol. The van der Waals surface area contributed by atoms with Crippen LogP contribution in [0.25, 0.3) is 0 Å². The second kappa shape index (κ2) is 6.29. The fourth-order valence-electron chi connectivity index (χ4n) is 1.95. The van der Waals surface area contributed by atoms with Crippen LogP contribution >= 0.6 is 23.2 Å². The van der Waals surface area contributed by atoms with Crippen LogP contribution in [0.15, 0.2) is 42.5 Å². The molecule has 0 atom stereocenters. The average molecular weight is 295 g/mol. The van der Waals surface area contributed by atoms with Crippen molar-refractivity contribution in [3.8, 4) is 0 Å². The van der Waals surface area contributed by atoms with Gasteiger partial charge in [0.15, 0.2) is 0 Å². The van der Waals surface area contributed by atoms with Crippen LogP contribution in [-0.4, -0.2) is 7.05 Å². The molecule has 0 aromatic heterocycles. The van der Waals surface area contributed by atoms with E-state index in [2.05, 4.69) is 4.90 Å². The summed E-state index contributed by atoms with van der Waals surface area (Å²) in [6.45, 7) is 1.20. The third-order valence-corrected chi connectivity index (χ3v) is 3.70. The van der Waals surface area contributed by atoms with Crippen LogP contribution in [0.1, 0.15) is 11.1 Å². The molecule has 2 rings (SSSR count). The summed E-state index contributed by atoms with van der Waals surface area (Å²) in [5.74, 6) is 0. The van der Waals surface area contributed by atoms with Gasteiger partial charge in [-0.15, -0.1) is 0 Å². The standard InChI is InChI=1S/C15H16Cl2N2/c1-19(10-12-4-2-3-5-13(12)16)15-7-6-11(9-18)8-14(15)17/h2-8H,9-10,18H2,1H3. The Morgan fingerprint density at radius 2 is 1.79 bits per heavy atom. The number of nitrogens with two attached hydrogens (primary N) is 1. The first kappa shape index (κ1) is 14.2. The van der Waals surface area contributed by atoms with Gasteiger partial charge in [0.2, 0.25) is 0 Å². The minimum atomic E-state index is 0.494. The lowest BCUT2D eigenvalue weighted by atomic mass is 10.1. The van der Waals surface area contributed by atoms with Crippen molar-refractivity contribution in [1.29, 1.82) is 0 Å². The second-order valence-electron chi connectivity index (χ2n) is 4.44. The predicted octanol–water partition coefficient (Wildman–Crippen LogP) is 4.09. The van der Waals surface area contributed by atoms with E-state index >= 15 is 0 Å². The summed E-state index contributed by atoms with van der Waals surface area (Å²) in [4.78, 5) is 2.07. The molecule has 0 radical (unpaired) electrons. The highest BCUT2D eigenvalue weighted by Crippen LogP contribution is 2.28. The van der Waals surface area contributed by atoms with E-state index in [0.717, 1.165) is 21.8 Å². The number of anilines is 1. The van der Waals surface area contributed by atoms with Gasteiger partial charge in [-0.25, -0.2) is 0 Å². The fraction of sp³-hybridized carbons (Fsp3) is 0.200. The normalized spacial score (nSPS) is 10.5. The zero-order valence-electron chi connectivity index (χ0n) is 10.7. The van der Waals surface area contributed by atoms with Gasteiger partial charge in [0.25, 0.3) is 0 Å². The molecule has 2 aromatic carbocycles. The number of hydrogen-bond donors (Lipinski definition) is 1. The Bertz CT molecular complexity index is 570. The van der Waals surface area contributed by atoms with Crippen molar-refractivity contribution in [2.24, 2.45) is 5.73 Å². The first-order chi connectivity index (χ1) is 9.11. The van der Waals surface area contributed by atoms with E-state index in [9.17, 15) is 0 Å². The molecule has 2 N–H and O–H groups in total. The molecule has 0 aliphatic heterocycles. The Hall–Kier alpha value is -1.22. The minimum absolute atomic E-state index is 0.494. The number of hydrogen-bond acceptors (Lipinski definition) is 2. The van der Waals surface area contributed by atoms with Gasteiger partial charge < -0.3 is 10.6 Å². The molecule has 100 valence electrons. The number of benzene rings is 2. The molecule has 0 aliphatic rings. The molecule has 0 bridgehead atoms. The van der Waals surface area contributed by atoms with Crippen LogP contribution in [0.5, 0.6) is 0 Å². The molecule has 0 unspecified atom stereocenters. The lowest BCUT2D eigenvalue weighted by Gasteiger charge is -2.21. The summed E-state index contributed by atoms with van der Waals surface area (Å²) in [7, 11) is 1.99. The maximum absolute atomic E-state index is 6.28. The van der Waals surface area contributed by atoms with Crippen LogP contribution in [0.3, 0.4) is 0 Å². The molecular formula is C15H16Cl2N2. The maximum Gasteiger partial charge on any atom is 0.0642 e. The zero-order valence-corrected chi connectivity index (χ0v) is 12.2. The van der Waals surface area contributed by atoms with Crippen LogP contribution in [0.2, 0.25) is 10.0 Å². The molecule has 0 spiro atoms. The molecule has 0 fully saturated rings. The highest BCUT2D eigenvalue weighted by atomic mass is 35.5. The van der Waals surface area contributed by atoms with Gasteiger partial charge in [0.05, 0.1) is 10.7 Å². The number of nitrogens with zero attached hydrogens (tertiary/aromatic N) is 1. The molecule has 2 nitrogen and oxygen atoms in total. The van der Waals surface area contributed by atoms with Crippen molar-refractivity contribution >= 4 is 28.9 Å². The Morgan fingerprint density at radius 1 is 1.05 bits per heavy atom. The summed E-state index contributed by atoms with van der Waals surface area (Å²) in [5.41, 5.74) is 8.67. The molecule has 0 aliphatic carbocycles. The van der Waals surface area contributed by atoms with Crippen LogP contribution in [0.4, 0.5) is 5.69 Å². The van der Waals surface area contributed by atoms with E-state index < -0.39 is 0 Å². The van der Waals surface area contributed by atoms with Crippen molar-refractivity contribution < 1.29 is 0 Å². The smallest absolute Gasteiger partial charge is 0.0642 e. The van der Waals surface area contributed by atoms with Crippen molar-refractivity contribution in [1.82, 2.24) is 0 Å². The summed E-state index contributed by atoms with van der Waals surface area (Å²) in [6.07, 6.45) is 0. The van der Waals surface area contributed by atoms with E-state index in [1.807, 2.05) is 49.5 Å². The van der Waals surface area contributed by atoms with E-state index in [-0.39, 0.29) is 0 Å². The third-order valence-electron chi connectivity index (χ3n) is 3.02. The molecular weight excluding hydrogens is 279 g/mol. The first-order valence-corrected chi connectivity index (χ1v) is 6.80. The van der Waals surface area contributed by atoms with E-state index in [0.29, 0.717) is 18.1 Å². The summed E-state index contributed by atoms with van der Waals surface area (Å²) in [6, 6.07) is 13.7. The molecule has 0 heterocycles. The van der Waals surface area contributed by atoms with Crippen molar-refractivity contribution in [2.75, 3.05) is 11.9 Å². The van der Waals surface area contributed by atoms with Gasteiger partial charge in [-0.1, -0.05) is 47.5 Å². The second-order valence-corrected chi connectivity index (χ2v) is 5.25. The number of rotatable bonds is 4. The minimum Gasteiger partial charge on any atom is -0.369 e. The Morgan fingerprint density at radius 3 is 2.42 bits per heavy atom. The lowest BCUT2D eigenvalue weighted by molar-refractivity contribution is 0.921. The summed E-state index contributed by atoms with van der Waals surface area (Å²) < 4.78 is 0. The van der Waals surface area contributed by atoms with Crippen molar-refractivity contribution in [3.63, 3.8) is 0 Å². The van der Waals surface area contributed by atoms with Gasteiger partial charge in [0, 0.05) is 25.2 Å². The molecule has 2 aromatic rings. The molecule has 4 heteroatoms. The van der Waals surface area contributed by atoms with Crippen LogP contribution < -0.4 is 10.6 Å². The largest absolute Gasteiger partial charge is 0.369 e. The maximum atomic E-state index is 6.28. The summed E-state index contributed by atoms with van der Waals surface area (Å²) >= 11 is 12.4. The van der Waals surface area contributed by atoms with Crippen molar-refractivity contribution in [2.45, 2.75) is 13.1 Å². The number of halogens is 2. The van der Waals surface area contributed by atoms with Gasteiger partial charge >= 0.3 is 0 Å². The SMILES string of the molecule is CN(Cc1ccccc1Cl)c1ccc(CN)cc1Cl. The third kappa shape index (κ3) is 3.41. The highest BCUT2D eigenvalue weighted by molar-refractivity contribution is 6.33. The lowest BCUT2D eigenvalue weighted by Crippen LogP contribution is -2.17. The Labute approximate surface area is 123 Å². The van der Waals surface area contributed by atoms with E-state index in [1.54, 1.807) is 0 Å². The van der Waals surface area contributed by atoms with E-state index in [1.165, 1.54) is 0 Å². The van der Waals surface area contributed by atoms with Gasteiger partial charge in [-0.05, 0) is 29.3 Å². The molecule has 19 heavy (non-hydrogen) atoms. The Balaban J connectivity index is 2.21. The first-order valence-electron chi connectivity index (χ1n) is 6.05. The summed E-state index contributed by atoms with van der Waals surface area (Å²) in [5, 5.41) is 1.47. The highest BCUT2D eigenvalue weighted by Gasteiger charge is 2.09. The molecule has 0 saturated heterocycles. The van der Waals surface area contributed by atoms with Crippen molar-refractivity contribution in [3.05, 3.63) is 63.6 Å². The molecule has 0 amide bonds. The molecule has 0 saturated carbocycles. The topological polar surface area (TPSA) is 29.3 Å². The van der Waals surface area contributed by atoms with E-state index in [4.69, 9.17) is 28.9 Å². The van der Waals surface area contributed by atoms with Crippen LogP contribution in [-0.2, 0) is 13.1 Å². The van der Waals surface area contributed by atoms with Gasteiger partial charge in [-0.2, -0.15) is 0 Å². The Kier molecular flexibility index (Phi) is 4.70. The monoisotopic (exact) mass is 294 g/mol. The fourth-order valence-corrected chi connectivity index (χ4v) is 2.50. The van der Waals surface area contributed by atoms with Gasteiger partial charge in [0.1, 0.15) is 0 Å². The quantitative estimate of drug-likeness (QED) is 0.920. The average Bonchev–Trinajstić information content (AvgIpc) is 2.41.